The number of hydrogen-bond acceptors (Lipinski definition) is 1. The van der Waals surface area contributed by atoms with Crippen LogP contribution in [0.2, 0.25) is 0 Å². The van der Waals surface area contributed by atoms with Crippen molar-refractivity contribution in [3.63, 3.8) is 0 Å². The van der Waals surface area contributed by atoms with Gasteiger partial charge in [-0.2, -0.15) is 26.3 Å². The maximum Gasteiger partial charge on any atom is 0.430 e. The molecule has 0 aliphatic heterocycles. The molecule has 0 fully saturated rings. The molecule has 0 heterocycles. The minimum Gasteiger partial charge on any atom is -0.369 e. The lowest BCUT2D eigenvalue weighted by Crippen LogP contribution is -2.53. The van der Waals surface area contributed by atoms with E-state index in [-0.39, 0.29) is 5.56 Å². The number of benzene rings is 1. The highest BCUT2D eigenvalue weighted by Crippen LogP contribution is 2.49. The van der Waals surface area contributed by atoms with Crippen molar-refractivity contribution in [2.45, 2.75) is 24.9 Å². The van der Waals surface area contributed by atoms with Crippen molar-refractivity contribution in [2.24, 2.45) is 0 Å². The maximum absolute atomic E-state index is 12.4. The summed E-state index contributed by atoms with van der Waals surface area (Å²) in [5.74, 6) is 0. The molecule has 1 aromatic carbocycles. The van der Waals surface area contributed by atoms with Crippen LogP contribution in [0.1, 0.15) is 11.1 Å². The Morgan fingerprint density at radius 1 is 1.06 bits per heavy atom. The Morgan fingerprint density at radius 2 is 1.53 bits per heavy atom. The van der Waals surface area contributed by atoms with Crippen molar-refractivity contribution >= 4 is 0 Å². The molecule has 0 aliphatic carbocycles. The minimum atomic E-state index is -5.85. The van der Waals surface area contributed by atoms with E-state index in [1.807, 2.05) is 0 Å². The fourth-order valence-electron chi connectivity index (χ4n) is 1.30. The van der Waals surface area contributed by atoms with Crippen molar-refractivity contribution in [3.8, 4) is 0 Å². The summed E-state index contributed by atoms with van der Waals surface area (Å²) in [5, 5.41) is 9.02. The Hall–Kier alpha value is -1.24. The van der Waals surface area contributed by atoms with Gasteiger partial charge < -0.3 is 5.11 Å². The van der Waals surface area contributed by atoms with Crippen molar-refractivity contribution in [1.29, 1.82) is 0 Å². The fraction of sp³-hybridized carbons (Fsp3) is 0.400. The smallest absolute Gasteiger partial charge is 0.369 e. The van der Waals surface area contributed by atoms with E-state index in [1.54, 1.807) is 0 Å². The van der Waals surface area contributed by atoms with Crippen LogP contribution < -0.4 is 0 Å². The van der Waals surface area contributed by atoms with Crippen LogP contribution in [0.3, 0.4) is 0 Å². The van der Waals surface area contributed by atoms with Crippen molar-refractivity contribution in [1.82, 2.24) is 0 Å². The number of halogens is 6. The second kappa shape index (κ2) is 3.90. The summed E-state index contributed by atoms with van der Waals surface area (Å²) in [6.45, 7) is 1.27. The molecule has 7 heteroatoms. The molecule has 95 valence electrons. The van der Waals surface area contributed by atoms with Gasteiger partial charge >= 0.3 is 12.4 Å². The molecule has 17 heavy (non-hydrogen) atoms. The van der Waals surface area contributed by atoms with Crippen LogP contribution in [-0.2, 0) is 5.60 Å². The van der Waals surface area contributed by atoms with Gasteiger partial charge in [-0.15, -0.1) is 0 Å². The molecular weight excluding hydrogens is 250 g/mol. The molecule has 0 bridgehead atoms. The normalized spacial score (nSPS) is 13.9. The van der Waals surface area contributed by atoms with Crippen molar-refractivity contribution < 1.29 is 31.4 Å². The van der Waals surface area contributed by atoms with E-state index in [4.69, 9.17) is 5.11 Å². The first kappa shape index (κ1) is 13.8. The van der Waals surface area contributed by atoms with Gasteiger partial charge in [0.25, 0.3) is 5.60 Å². The minimum absolute atomic E-state index is 0.0643. The molecule has 0 spiro atoms. The molecule has 1 rings (SSSR count). The Kier molecular flexibility index (Phi) is 3.17. The van der Waals surface area contributed by atoms with Crippen molar-refractivity contribution in [2.75, 3.05) is 0 Å². The van der Waals surface area contributed by atoms with E-state index in [9.17, 15) is 26.3 Å². The molecule has 1 N–H and O–H groups in total. The summed E-state index contributed by atoms with van der Waals surface area (Å²) in [6, 6.07) is 4.43. The van der Waals surface area contributed by atoms with Gasteiger partial charge in [-0.1, -0.05) is 18.2 Å². The molecule has 1 aromatic rings. The lowest BCUT2D eigenvalue weighted by atomic mass is 9.91. The monoisotopic (exact) mass is 257 g/mol. The summed E-state index contributed by atoms with van der Waals surface area (Å²) in [4.78, 5) is 0. The van der Waals surface area contributed by atoms with Crippen LogP contribution in [0.5, 0.6) is 0 Å². The lowest BCUT2D eigenvalue weighted by molar-refractivity contribution is -0.376. The Balaban J connectivity index is 3.46. The number of aliphatic hydroxyl groups is 1. The maximum atomic E-state index is 12.4. The highest BCUT2D eigenvalue weighted by Gasteiger charge is 2.71. The van der Waals surface area contributed by atoms with Crippen LogP contribution in [0, 0.1) is 13.0 Å². The highest BCUT2D eigenvalue weighted by molar-refractivity contribution is 5.29. The van der Waals surface area contributed by atoms with Gasteiger partial charge in [0.2, 0.25) is 0 Å². The van der Waals surface area contributed by atoms with E-state index in [1.165, 1.54) is 6.92 Å². The predicted octanol–water partition coefficient (Wildman–Crippen LogP) is 3.11. The van der Waals surface area contributed by atoms with E-state index >= 15 is 0 Å². The lowest BCUT2D eigenvalue weighted by Gasteiger charge is -2.32. The molecule has 0 aromatic heterocycles. The van der Waals surface area contributed by atoms with Crippen molar-refractivity contribution in [3.05, 3.63) is 35.4 Å². The quantitative estimate of drug-likeness (QED) is 0.766. The van der Waals surface area contributed by atoms with E-state index in [0.29, 0.717) is 12.1 Å². The fourth-order valence-corrected chi connectivity index (χ4v) is 1.30. The molecule has 0 aliphatic rings. The van der Waals surface area contributed by atoms with Gasteiger partial charge in [0, 0.05) is 5.56 Å². The molecule has 0 unspecified atom stereocenters. The Morgan fingerprint density at radius 3 is 1.88 bits per heavy atom. The SMILES string of the molecule is Cc1[c]ccc(C(O)(C(F)(F)F)C(F)(F)F)c1. The van der Waals surface area contributed by atoms with Crippen LogP contribution in [0.15, 0.2) is 18.2 Å². The number of hydrogen-bond donors (Lipinski definition) is 1. The van der Waals surface area contributed by atoms with Crippen LogP contribution >= 0.6 is 0 Å². The molecule has 0 saturated heterocycles. The number of rotatable bonds is 1. The van der Waals surface area contributed by atoms with Gasteiger partial charge in [-0.25, -0.2) is 0 Å². The average Bonchev–Trinajstić information content (AvgIpc) is 2.12. The second-order valence-electron chi connectivity index (χ2n) is 3.47. The zero-order chi connectivity index (χ0) is 13.5. The van der Waals surface area contributed by atoms with E-state index in [0.717, 1.165) is 6.07 Å². The first-order valence-electron chi connectivity index (χ1n) is 4.35. The third-order valence-electron chi connectivity index (χ3n) is 2.18. The second-order valence-corrected chi connectivity index (χ2v) is 3.47. The standard InChI is InChI=1S/C10H7F6O/c1-6-3-2-4-7(5-6)8(17,9(11,12)13)10(14,15)16/h2,4-5,17H,1H3. The highest BCUT2D eigenvalue weighted by atomic mass is 19.4. The van der Waals surface area contributed by atoms with Crippen LogP contribution in [0.4, 0.5) is 26.3 Å². The zero-order valence-electron chi connectivity index (χ0n) is 8.45. The van der Waals surface area contributed by atoms with Gasteiger partial charge in [0.05, 0.1) is 0 Å². The molecule has 1 radical (unpaired) electrons. The largest absolute Gasteiger partial charge is 0.430 e. The number of alkyl halides is 6. The Bertz CT molecular complexity index is 392. The van der Waals surface area contributed by atoms with Gasteiger partial charge in [-0.3, -0.25) is 0 Å². The summed E-state index contributed by atoms with van der Waals surface area (Å²) >= 11 is 0. The first-order chi connectivity index (χ1) is 7.50. The molecule has 1 nitrogen and oxygen atoms in total. The van der Waals surface area contributed by atoms with E-state index < -0.39 is 23.5 Å². The predicted molar refractivity (Wildman–Crippen MR) is 46.0 cm³/mol. The third-order valence-corrected chi connectivity index (χ3v) is 2.18. The molecule has 0 saturated carbocycles. The van der Waals surface area contributed by atoms with Crippen LogP contribution in [0.25, 0.3) is 0 Å². The number of aryl methyl sites for hydroxylation is 1. The molecule has 0 atom stereocenters. The van der Waals surface area contributed by atoms with Gasteiger partial charge in [0.15, 0.2) is 0 Å². The summed E-state index contributed by atoms with van der Waals surface area (Å²) < 4.78 is 74.6. The summed E-state index contributed by atoms with van der Waals surface area (Å²) in [6.07, 6.45) is -11.7. The van der Waals surface area contributed by atoms with Crippen LogP contribution in [-0.4, -0.2) is 17.5 Å². The first-order valence-corrected chi connectivity index (χ1v) is 4.35. The third kappa shape index (κ3) is 2.24. The van der Waals surface area contributed by atoms with Gasteiger partial charge in [-0.05, 0) is 18.6 Å². The molecular formula is C10H7F6O. The average molecular weight is 257 g/mol. The molecule has 0 amide bonds. The summed E-state index contributed by atoms with van der Waals surface area (Å²) in [7, 11) is 0. The summed E-state index contributed by atoms with van der Waals surface area (Å²) in [5.41, 5.74) is -6.07. The zero-order valence-corrected chi connectivity index (χ0v) is 8.45. The Labute approximate surface area is 92.7 Å². The topological polar surface area (TPSA) is 20.2 Å². The van der Waals surface area contributed by atoms with Gasteiger partial charge in [0.1, 0.15) is 0 Å². The van der Waals surface area contributed by atoms with E-state index in [2.05, 4.69) is 6.07 Å².